The Labute approximate surface area is 134 Å². The number of amides is 1. The van der Waals surface area contributed by atoms with E-state index in [4.69, 9.17) is 4.42 Å². The van der Waals surface area contributed by atoms with Crippen LogP contribution in [0, 0.1) is 0 Å². The van der Waals surface area contributed by atoms with E-state index >= 15 is 0 Å². The van der Waals surface area contributed by atoms with Crippen molar-refractivity contribution in [3.8, 4) is 22.9 Å². The van der Waals surface area contributed by atoms with Crippen LogP contribution in [0.2, 0.25) is 0 Å². The summed E-state index contributed by atoms with van der Waals surface area (Å²) >= 11 is 0. The summed E-state index contributed by atoms with van der Waals surface area (Å²) in [7, 11) is 0. The average molecular weight is 307 g/mol. The first-order chi connectivity index (χ1) is 11.1. The number of carbonyl (C=O) groups excluding carboxylic acids is 1. The van der Waals surface area contributed by atoms with E-state index in [0.717, 1.165) is 11.1 Å². The predicted octanol–water partition coefficient (Wildman–Crippen LogP) is 3.54. The van der Waals surface area contributed by atoms with Crippen molar-refractivity contribution in [2.24, 2.45) is 0 Å². The van der Waals surface area contributed by atoms with Gasteiger partial charge in [-0.05, 0) is 50.2 Å². The third kappa shape index (κ3) is 3.45. The largest absolute Gasteiger partial charge is 0.416 e. The Morgan fingerprint density at radius 1 is 0.913 bits per heavy atom. The molecule has 1 amide bonds. The van der Waals surface area contributed by atoms with Crippen LogP contribution < -0.4 is 5.32 Å². The summed E-state index contributed by atoms with van der Waals surface area (Å²) in [6.45, 7) is 3.85. The van der Waals surface area contributed by atoms with Gasteiger partial charge in [-0.15, -0.1) is 10.2 Å². The SMILES string of the molecule is CC(C)NC(=O)c1ccc(-c2nnc(-c3ccccc3)o2)cc1. The standard InChI is InChI=1S/C18H17N3O2/c1-12(2)19-16(22)13-8-10-15(11-9-13)18-21-20-17(23-18)14-6-4-3-5-7-14/h3-12H,1-2H3,(H,19,22). The molecule has 0 aliphatic heterocycles. The lowest BCUT2D eigenvalue weighted by atomic mass is 10.1. The summed E-state index contributed by atoms with van der Waals surface area (Å²) in [5, 5.41) is 11.0. The Kier molecular flexibility index (Phi) is 4.19. The molecule has 5 nitrogen and oxygen atoms in total. The third-order valence-electron chi connectivity index (χ3n) is 3.26. The van der Waals surface area contributed by atoms with E-state index in [1.165, 1.54) is 0 Å². The lowest BCUT2D eigenvalue weighted by Gasteiger charge is -2.08. The Morgan fingerprint density at radius 3 is 2.04 bits per heavy atom. The molecule has 5 heteroatoms. The molecule has 0 unspecified atom stereocenters. The molecular formula is C18H17N3O2. The Bertz CT molecular complexity index is 793. The van der Waals surface area contributed by atoms with Crippen molar-refractivity contribution in [1.29, 1.82) is 0 Å². The zero-order chi connectivity index (χ0) is 16.2. The van der Waals surface area contributed by atoms with Crippen LogP contribution in [0.25, 0.3) is 22.9 Å². The van der Waals surface area contributed by atoms with E-state index in [-0.39, 0.29) is 11.9 Å². The minimum atomic E-state index is -0.0953. The van der Waals surface area contributed by atoms with Gasteiger partial charge in [0.05, 0.1) is 0 Å². The molecule has 2 aromatic carbocycles. The lowest BCUT2D eigenvalue weighted by molar-refractivity contribution is 0.0943. The van der Waals surface area contributed by atoms with Crippen LogP contribution in [0.4, 0.5) is 0 Å². The minimum absolute atomic E-state index is 0.0953. The summed E-state index contributed by atoms with van der Waals surface area (Å²) in [6, 6.07) is 16.8. The van der Waals surface area contributed by atoms with Gasteiger partial charge < -0.3 is 9.73 Å². The van der Waals surface area contributed by atoms with Crippen molar-refractivity contribution in [1.82, 2.24) is 15.5 Å². The summed E-state index contributed by atoms with van der Waals surface area (Å²) in [5.74, 6) is 0.809. The molecule has 0 saturated heterocycles. The van der Waals surface area contributed by atoms with E-state index in [0.29, 0.717) is 17.3 Å². The van der Waals surface area contributed by atoms with Crippen molar-refractivity contribution < 1.29 is 9.21 Å². The van der Waals surface area contributed by atoms with Crippen molar-refractivity contribution in [3.05, 3.63) is 60.2 Å². The fourth-order valence-corrected chi connectivity index (χ4v) is 2.15. The lowest BCUT2D eigenvalue weighted by Crippen LogP contribution is -2.29. The zero-order valence-electron chi connectivity index (χ0n) is 13.0. The highest BCUT2D eigenvalue weighted by atomic mass is 16.4. The molecule has 0 aliphatic rings. The van der Waals surface area contributed by atoms with Crippen LogP contribution in [0.3, 0.4) is 0 Å². The molecule has 1 aromatic heterocycles. The van der Waals surface area contributed by atoms with Gasteiger partial charge in [0.1, 0.15) is 0 Å². The molecule has 1 heterocycles. The van der Waals surface area contributed by atoms with Gasteiger partial charge in [-0.3, -0.25) is 4.79 Å². The van der Waals surface area contributed by atoms with Gasteiger partial charge in [-0.1, -0.05) is 18.2 Å². The summed E-state index contributed by atoms with van der Waals surface area (Å²) in [6.07, 6.45) is 0. The monoisotopic (exact) mass is 307 g/mol. The summed E-state index contributed by atoms with van der Waals surface area (Å²) in [4.78, 5) is 11.9. The van der Waals surface area contributed by atoms with E-state index in [1.807, 2.05) is 44.2 Å². The topological polar surface area (TPSA) is 68.0 Å². The molecule has 3 aromatic rings. The first-order valence-electron chi connectivity index (χ1n) is 7.44. The fraction of sp³-hybridized carbons (Fsp3) is 0.167. The molecule has 3 rings (SSSR count). The molecule has 0 saturated carbocycles. The second-order valence-electron chi connectivity index (χ2n) is 5.48. The van der Waals surface area contributed by atoms with E-state index in [9.17, 15) is 4.79 Å². The van der Waals surface area contributed by atoms with Gasteiger partial charge in [-0.25, -0.2) is 0 Å². The Hall–Kier alpha value is -2.95. The summed E-state index contributed by atoms with van der Waals surface area (Å²) < 4.78 is 5.70. The molecule has 0 bridgehead atoms. The maximum atomic E-state index is 11.9. The Morgan fingerprint density at radius 2 is 1.48 bits per heavy atom. The van der Waals surface area contributed by atoms with Crippen molar-refractivity contribution in [3.63, 3.8) is 0 Å². The summed E-state index contributed by atoms with van der Waals surface area (Å²) in [5.41, 5.74) is 2.25. The number of nitrogens with one attached hydrogen (secondary N) is 1. The van der Waals surface area contributed by atoms with Crippen LogP contribution in [-0.2, 0) is 0 Å². The quantitative estimate of drug-likeness (QED) is 0.800. The number of rotatable bonds is 4. The maximum Gasteiger partial charge on any atom is 0.251 e. The molecule has 0 fully saturated rings. The van der Waals surface area contributed by atoms with Crippen molar-refractivity contribution in [2.75, 3.05) is 0 Å². The number of nitrogens with zero attached hydrogens (tertiary/aromatic N) is 2. The number of aromatic nitrogens is 2. The van der Waals surface area contributed by atoms with Crippen LogP contribution in [0.1, 0.15) is 24.2 Å². The van der Waals surface area contributed by atoms with Gasteiger partial charge >= 0.3 is 0 Å². The Balaban J connectivity index is 1.80. The van der Waals surface area contributed by atoms with Crippen LogP contribution in [0.5, 0.6) is 0 Å². The molecule has 0 spiro atoms. The average Bonchev–Trinajstić information content (AvgIpc) is 3.05. The second kappa shape index (κ2) is 6.44. The number of carbonyl (C=O) groups is 1. The molecule has 0 aliphatic carbocycles. The van der Waals surface area contributed by atoms with Crippen LogP contribution in [-0.4, -0.2) is 22.1 Å². The van der Waals surface area contributed by atoms with Crippen LogP contribution >= 0.6 is 0 Å². The third-order valence-corrected chi connectivity index (χ3v) is 3.26. The smallest absolute Gasteiger partial charge is 0.251 e. The normalized spacial score (nSPS) is 10.7. The highest BCUT2D eigenvalue weighted by Gasteiger charge is 2.12. The first-order valence-corrected chi connectivity index (χ1v) is 7.44. The maximum absolute atomic E-state index is 11.9. The van der Waals surface area contributed by atoms with E-state index < -0.39 is 0 Å². The predicted molar refractivity (Wildman–Crippen MR) is 87.8 cm³/mol. The molecule has 0 atom stereocenters. The van der Waals surface area contributed by atoms with E-state index in [2.05, 4.69) is 15.5 Å². The van der Waals surface area contributed by atoms with Gasteiger partial charge in [-0.2, -0.15) is 0 Å². The van der Waals surface area contributed by atoms with Crippen molar-refractivity contribution in [2.45, 2.75) is 19.9 Å². The molecule has 116 valence electrons. The van der Waals surface area contributed by atoms with Gasteiger partial charge in [0.15, 0.2) is 0 Å². The van der Waals surface area contributed by atoms with Gasteiger partial charge in [0.25, 0.3) is 5.91 Å². The molecule has 0 radical (unpaired) electrons. The molecular weight excluding hydrogens is 290 g/mol. The highest BCUT2D eigenvalue weighted by molar-refractivity contribution is 5.94. The molecule has 23 heavy (non-hydrogen) atoms. The van der Waals surface area contributed by atoms with E-state index in [1.54, 1.807) is 24.3 Å². The fourth-order valence-electron chi connectivity index (χ4n) is 2.15. The van der Waals surface area contributed by atoms with Gasteiger partial charge in [0, 0.05) is 22.7 Å². The minimum Gasteiger partial charge on any atom is -0.416 e. The first kappa shape index (κ1) is 15.0. The number of benzene rings is 2. The van der Waals surface area contributed by atoms with Crippen LogP contribution in [0.15, 0.2) is 59.0 Å². The zero-order valence-corrected chi connectivity index (χ0v) is 13.0. The second-order valence-corrected chi connectivity index (χ2v) is 5.48. The highest BCUT2D eigenvalue weighted by Crippen LogP contribution is 2.23. The van der Waals surface area contributed by atoms with Gasteiger partial charge in [0.2, 0.25) is 11.8 Å². The number of hydrogen-bond donors (Lipinski definition) is 1. The number of hydrogen-bond acceptors (Lipinski definition) is 4. The molecule has 1 N–H and O–H groups in total. The van der Waals surface area contributed by atoms with Crippen molar-refractivity contribution >= 4 is 5.91 Å².